The van der Waals surface area contributed by atoms with E-state index in [1.54, 1.807) is 0 Å². The smallest absolute Gasteiger partial charge is 0.255 e. The molecule has 1 heterocycles. The molecule has 1 N–H and O–H groups in total. The molecule has 0 aromatic heterocycles. The first-order valence-electron chi connectivity index (χ1n) is 8.39. The van der Waals surface area contributed by atoms with E-state index in [2.05, 4.69) is 22.3 Å². The van der Waals surface area contributed by atoms with E-state index in [1.807, 2.05) is 44.2 Å². The third kappa shape index (κ3) is 4.22. The number of ether oxygens (including phenoxy) is 1. The van der Waals surface area contributed by atoms with Crippen LogP contribution in [0.4, 0.5) is 5.69 Å². The minimum atomic E-state index is -0.0616. The lowest BCUT2D eigenvalue weighted by Crippen LogP contribution is -2.35. The first kappa shape index (κ1) is 16.7. The molecule has 2 aromatic carbocycles. The number of nitrogens with one attached hydrogen (secondary N) is 1. The van der Waals surface area contributed by atoms with Gasteiger partial charge in [0, 0.05) is 30.9 Å². The summed E-state index contributed by atoms with van der Waals surface area (Å²) in [5.74, 6) is -0.0616. The van der Waals surface area contributed by atoms with Crippen LogP contribution in [0.2, 0.25) is 0 Å². The largest absolute Gasteiger partial charge is 0.379 e. The first-order chi connectivity index (χ1) is 11.6. The number of hydrogen-bond acceptors (Lipinski definition) is 3. The molecule has 0 unspecified atom stereocenters. The van der Waals surface area contributed by atoms with Gasteiger partial charge in [-0.2, -0.15) is 0 Å². The molecule has 1 aliphatic heterocycles. The Morgan fingerprint density at radius 3 is 2.46 bits per heavy atom. The highest BCUT2D eigenvalue weighted by Crippen LogP contribution is 2.16. The maximum absolute atomic E-state index is 12.4. The van der Waals surface area contributed by atoms with Crippen molar-refractivity contribution in [3.63, 3.8) is 0 Å². The molecule has 0 atom stereocenters. The molecular weight excluding hydrogens is 300 g/mol. The Morgan fingerprint density at radius 2 is 1.79 bits per heavy atom. The summed E-state index contributed by atoms with van der Waals surface area (Å²) in [7, 11) is 0. The van der Waals surface area contributed by atoms with Crippen molar-refractivity contribution < 1.29 is 9.53 Å². The summed E-state index contributed by atoms with van der Waals surface area (Å²) in [5, 5.41) is 2.98. The van der Waals surface area contributed by atoms with E-state index in [-0.39, 0.29) is 5.91 Å². The Hall–Kier alpha value is -2.17. The van der Waals surface area contributed by atoms with Crippen molar-refractivity contribution in [1.82, 2.24) is 4.90 Å². The van der Waals surface area contributed by atoms with Crippen LogP contribution >= 0.6 is 0 Å². The van der Waals surface area contributed by atoms with E-state index in [0.29, 0.717) is 0 Å². The highest BCUT2D eigenvalue weighted by atomic mass is 16.5. The quantitative estimate of drug-likeness (QED) is 0.937. The van der Waals surface area contributed by atoms with Crippen molar-refractivity contribution in [2.45, 2.75) is 20.4 Å². The van der Waals surface area contributed by atoms with E-state index in [1.165, 1.54) is 5.56 Å². The molecule has 1 amide bonds. The van der Waals surface area contributed by atoms with Gasteiger partial charge in [-0.1, -0.05) is 29.8 Å². The lowest BCUT2D eigenvalue weighted by atomic mass is 10.1. The summed E-state index contributed by atoms with van der Waals surface area (Å²) in [4.78, 5) is 14.8. The number of carbonyl (C=O) groups excluding carboxylic acids is 1. The highest BCUT2D eigenvalue weighted by molar-refractivity contribution is 6.05. The van der Waals surface area contributed by atoms with Crippen LogP contribution in [0.5, 0.6) is 0 Å². The van der Waals surface area contributed by atoms with E-state index in [9.17, 15) is 4.79 Å². The van der Waals surface area contributed by atoms with Gasteiger partial charge in [0.25, 0.3) is 5.91 Å². The molecule has 1 aliphatic rings. The summed E-state index contributed by atoms with van der Waals surface area (Å²) >= 11 is 0. The number of benzene rings is 2. The lowest BCUT2D eigenvalue weighted by Gasteiger charge is -2.26. The molecule has 2 aromatic rings. The van der Waals surface area contributed by atoms with Crippen LogP contribution in [-0.4, -0.2) is 37.1 Å². The van der Waals surface area contributed by atoms with Crippen molar-refractivity contribution in [1.29, 1.82) is 0 Å². The van der Waals surface area contributed by atoms with Crippen molar-refractivity contribution in [2.24, 2.45) is 0 Å². The van der Waals surface area contributed by atoms with Crippen LogP contribution in [0.15, 0.2) is 42.5 Å². The molecule has 0 bridgehead atoms. The zero-order valence-electron chi connectivity index (χ0n) is 14.3. The fourth-order valence-corrected chi connectivity index (χ4v) is 2.98. The van der Waals surface area contributed by atoms with Gasteiger partial charge in [-0.25, -0.2) is 0 Å². The highest BCUT2D eigenvalue weighted by Gasteiger charge is 2.12. The second-order valence-electron chi connectivity index (χ2n) is 6.36. The van der Waals surface area contributed by atoms with Crippen LogP contribution in [0.25, 0.3) is 0 Å². The Morgan fingerprint density at radius 1 is 1.08 bits per heavy atom. The normalized spacial score (nSPS) is 15.2. The maximum atomic E-state index is 12.4. The number of nitrogens with zero attached hydrogens (tertiary/aromatic N) is 1. The van der Waals surface area contributed by atoms with Gasteiger partial charge in [-0.05, 0) is 43.2 Å². The van der Waals surface area contributed by atoms with Crippen LogP contribution in [-0.2, 0) is 11.3 Å². The van der Waals surface area contributed by atoms with E-state index >= 15 is 0 Å². The molecule has 4 nitrogen and oxygen atoms in total. The molecule has 24 heavy (non-hydrogen) atoms. The third-order valence-electron chi connectivity index (χ3n) is 4.35. The Bertz CT molecular complexity index is 704. The molecule has 0 saturated carbocycles. The number of anilines is 1. The van der Waals surface area contributed by atoms with Crippen LogP contribution in [0.3, 0.4) is 0 Å². The standard InChI is InChI=1S/C20H24N2O2/c1-15-3-8-19(16(2)13-15)20(23)21-18-6-4-17(5-7-18)14-22-9-11-24-12-10-22/h3-8,13H,9-12,14H2,1-2H3,(H,21,23). The Kier molecular flexibility index (Phi) is 5.28. The second kappa shape index (κ2) is 7.60. The Labute approximate surface area is 143 Å². The van der Waals surface area contributed by atoms with Crippen molar-refractivity contribution in [3.8, 4) is 0 Å². The van der Waals surface area contributed by atoms with Gasteiger partial charge in [0.15, 0.2) is 0 Å². The molecule has 4 heteroatoms. The van der Waals surface area contributed by atoms with Crippen molar-refractivity contribution in [3.05, 3.63) is 64.7 Å². The monoisotopic (exact) mass is 324 g/mol. The van der Waals surface area contributed by atoms with Gasteiger partial charge in [-0.15, -0.1) is 0 Å². The molecule has 0 aliphatic carbocycles. The lowest BCUT2D eigenvalue weighted by molar-refractivity contribution is 0.0342. The van der Waals surface area contributed by atoms with E-state index < -0.39 is 0 Å². The summed E-state index contributed by atoms with van der Waals surface area (Å²) in [6.07, 6.45) is 0. The summed E-state index contributed by atoms with van der Waals surface area (Å²) in [6, 6.07) is 14.0. The zero-order chi connectivity index (χ0) is 16.9. The molecule has 1 fully saturated rings. The fourth-order valence-electron chi connectivity index (χ4n) is 2.98. The maximum Gasteiger partial charge on any atom is 0.255 e. The number of hydrogen-bond donors (Lipinski definition) is 1. The minimum absolute atomic E-state index is 0.0616. The van der Waals surface area contributed by atoms with E-state index in [0.717, 1.165) is 55.2 Å². The van der Waals surface area contributed by atoms with Gasteiger partial charge in [0.1, 0.15) is 0 Å². The zero-order valence-corrected chi connectivity index (χ0v) is 14.3. The molecular formula is C20H24N2O2. The predicted octanol–water partition coefficient (Wildman–Crippen LogP) is 3.39. The van der Waals surface area contributed by atoms with E-state index in [4.69, 9.17) is 4.74 Å². The Balaban J connectivity index is 1.62. The van der Waals surface area contributed by atoms with Gasteiger partial charge in [0.2, 0.25) is 0 Å². The van der Waals surface area contributed by atoms with Gasteiger partial charge in [-0.3, -0.25) is 9.69 Å². The average molecular weight is 324 g/mol. The second-order valence-corrected chi connectivity index (χ2v) is 6.36. The number of carbonyl (C=O) groups is 1. The molecule has 0 spiro atoms. The number of morpholine rings is 1. The van der Waals surface area contributed by atoms with Crippen LogP contribution < -0.4 is 5.32 Å². The predicted molar refractivity (Wildman–Crippen MR) is 96.4 cm³/mol. The first-order valence-corrected chi connectivity index (χ1v) is 8.39. The SMILES string of the molecule is Cc1ccc(C(=O)Nc2ccc(CN3CCOCC3)cc2)c(C)c1. The minimum Gasteiger partial charge on any atom is -0.379 e. The molecule has 1 saturated heterocycles. The van der Waals surface area contributed by atoms with Crippen molar-refractivity contribution >= 4 is 11.6 Å². The average Bonchev–Trinajstić information content (AvgIpc) is 2.57. The summed E-state index contributed by atoms with van der Waals surface area (Å²) < 4.78 is 5.37. The van der Waals surface area contributed by atoms with Gasteiger partial charge < -0.3 is 10.1 Å². The topological polar surface area (TPSA) is 41.6 Å². The molecule has 0 radical (unpaired) electrons. The summed E-state index contributed by atoms with van der Waals surface area (Å²) in [5.41, 5.74) is 4.96. The number of amides is 1. The fraction of sp³-hybridized carbons (Fsp3) is 0.350. The van der Waals surface area contributed by atoms with Crippen molar-refractivity contribution in [2.75, 3.05) is 31.6 Å². The number of aryl methyl sites for hydroxylation is 2. The van der Waals surface area contributed by atoms with Gasteiger partial charge >= 0.3 is 0 Å². The molecule has 3 rings (SSSR count). The van der Waals surface area contributed by atoms with Crippen LogP contribution in [0, 0.1) is 13.8 Å². The third-order valence-corrected chi connectivity index (χ3v) is 4.35. The molecule has 126 valence electrons. The van der Waals surface area contributed by atoms with Gasteiger partial charge in [0.05, 0.1) is 13.2 Å². The number of rotatable bonds is 4. The summed E-state index contributed by atoms with van der Waals surface area (Å²) in [6.45, 7) is 8.49. The van der Waals surface area contributed by atoms with Crippen LogP contribution in [0.1, 0.15) is 27.0 Å².